The molecule has 0 fully saturated rings. The second-order valence-corrected chi connectivity index (χ2v) is 11.8. The molecule has 2 heteroatoms. The minimum atomic E-state index is 0.108. The number of fused-ring (bicyclic) bond motifs is 1. The van der Waals surface area contributed by atoms with Gasteiger partial charge in [-0.15, -0.1) is 0 Å². The minimum Gasteiger partial charge on any atom is -0.457 e. The standard InChI is InChI=1S/C35H35NO/c1-34(2,3)28-16-11-24(12-17-28)27-21-30(20-15-26-23-36-32-10-8-7-9-31(26)32)37-33(22-27)25-13-18-29(19-14-25)35(4,5)6/h7-23H,1-6H3/b26-15+,30-20+. The molecule has 186 valence electrons. The number of allylic oxidation sites excluding steroid dienone is 6. The molecule has 0 saturated heterocycles. The number of rotatable bonds is 3. The molecule has 0 spiro atoms. The van der Waals surface area contributed by atoms with Crippen LogP contribution in [0.4, 0.5) is 5.69 Å². The van der Waals surface area contributed by atoms with Crippen molar-refractivity contribution in [3.63, 3.8) is 0 Å². The van der Waals surface area contributed by atoms with E-state index in [0.717, 1.165) is 39.5 Å². The van der Waals surface area contributed by atoms with Gasteiger partial charge in [-0.2, -0.15) is 0 Å². The van der Waals surface area contributed by atoms with Gasteiger partial charge < -0.3 is 4.74 Å². The van der Waals surface area contributed by atoms with Crippen molar-refractivity contribution in [1.82, 2.24) is 0 Å². The number of aliphatic imine (C=N–C) groups is 1. The Morgan fingerprint density at radius 1 is 0.649 bits per heavy atom. The largest absolute Gasteiger partial charge is 0.457 e. The molecule has 5 rings (SSSR count). The maximum absolute atomic E-state index is 6.43. The van der Waals surface area contributed by atoms with Gasteiger partial charge in [-0.05, 0) is 63.5 Å². The van der Waals surface area contributed by atoms with Crippen LogP contribution in [0.3, 0.4) is 0 Å². The molecule has 3 aromatic carbocycles. The number of benzene rings is 3. The summed E-state index contributed by atoms with van der Waals surface area (Å²) in [7, 11) is 0. The van der Waals surface area contributed by atoms with Crippen LogP contribution in [0.2, 0.25) is 0 Å². The summed E-state index contributed by atoms with van der Waals surface area (Å²) in [5.41, 5.74) is 9.46. The molecule has 3 aromatic rings. The van der Waals surface area contributed by atoms with Crippen LogP contribution in [0.1, 0.15) is 69.4 Å². The van der Waals surface area contributed by atoms with Crippen molar-refractivity contribution >= 4 is 28.8 Å². The van der Waals surface area contributed by atoms with Crippen molar-refractivity contribution in [1.29, 1.82) is 0 Å². The van der Waals surface area contributed by atoms with Gasteiger partial charge in [0.1, 0.15) is 11.5 Å². The molecule has 0 saturated carbocycles. The number of hydrogen-bond donors (Lipinski definition) is 0. The summed E-state index contributed by atoms with van der Waals surface area (Å²) < 4.78 is 6.43. The molecule has 0 bridgehead atoms. The first-order valence-electron chi connectivity index (χ1n) is 13.0. The molecule has 37 heavy (non-hydrogen) atoms. The van der Waals surface area contributed by atoms with Crippen LogP contribution in [-0.4, -0.2) is 6.21 Å². The Hall–Kier alpha value is -3.91. The molecule has 2 nitrogen and oxygen atoms in total. The van der Waals surface area contributed by atoms with Crippen LogP contribution in [0, 0.1) is 0 Å². The van der Waals surface area contributed by atoms with Gasteiger partial charge in [0, 0.05) is 22.9 Å². The Morgan fingerprint density at radius 2 is 1.24 bits per heavy atom. The smallest absolute Gasteiger partial charge is 0.135 e. The fourth-order valence-electron chi connectivity index (χ4n) is 4.55. The molecule has 0 amide bonds. The Labute approximate surface area is 221 Å². The van der Waals surface area contributed by atoms with E-state index >= 15 is 0 Å². The highest BCUT2D eigenvalue weighted by atomic mass is 16.5. The van der Waals surface area contributed by atoms with Crippen molar-refractivity contribution in [2.75, 3.05) is 0 Å². The summed E-state index contributed by atoms with van der Waals surface area (Å²) in [6.07, 6.45) is 10.3. The maximum atomic E-state index is 6.43. The third-order valence-corrected chi connectivity index (χ3v) is 6.92. The monoisotopic (exact) mass is 485 g/mol. The predicted octanol–water partition coefficient (Wildman–Crippen LogP) is 9.42. The lowest BCUT2D eigenvalue weighted by Gasteiger charge is -2.22. The van der Waals surface area contributed by atoms with E-state index in [2.05, 4.69) is 119 Å². The Morgan fingerprint density at radius 3 is 1.86 bits per heavy atom. The summed E-state index contributed by atoms with van der Waals surface area (Å²) in [5, 5.41) is 0. The second-order valence-electron chi connectivity index (χ2n) is 11.8. The normalized spacial score (nSPS) is 17.5. The first-order chi connectivity index (χ1) is 17.6. The topological polar surface area (TPSA) is 21.6 Å². The quantitative estimate of drug-likeness (QED) is 0.362. The molecule has 2 aliphatic heterocycles. The van der Waals surface area contributed by atoms with Crippen LogP contribution in [-0.2, 0) is 15.6 Å². The fourth-order valence-corrected chi connectivity index (χ4v) is 4.55. The Kier molecular flexibility index (Phi) is 6.37. The van der Waals surface area contributed by atoms with E-state index in [1.54, 1.807) is 0 Å². The lowest BCUT2D eigenvalue weighted by molar-refractivity contribution is 0.398. The van der Waals surface area contributed by atoms with Crippen molar-refractivity contribution in [2.24, 2.45) is 4.99 Å². The van der Waals surface area contributed by atoms with E-state index in [4.69, 9.17) is 4.74 Å². The third-order valence-electron chi connectivity index (χ3n) is 6.92. The van der Waals surface area contributed by atoms with Gasteiger partial charge in [0.25, 0.3) is 0 Å². The summed E-state index contributed by atoms with van der Waals surface area (Å²) >= 11 is 0. The lowest BCUT2D eigenvalue weighted by Crippen LogP contribution is -2.11. The predicted molar refractivity (Wildman–Crippen MR) is 158 cm³/mol. The maximum Gasteiger partial charge on any atom is 0.135 e. The summed E-state index contributed by atoms with van der Waals surface area (Å²) in [4.78, 5) is 4.54. The van der Waals surface area contributed by atoms with Gasteiger partial charge in [0.2, 0.25) is 0 Å². The lowest BCUT2D eigenvalue weighted by atomic mass is 9.86. The van der Waals surface area contributed by atoms with Gasteiger partial charge >= 0.3 is 0 Å². The van der Waals surface area contributed by atoms with Gasteiger partial charge in [-0.3, -0.25) is 4.99 Å². The molecule has 0 radical (unpaired) electrons. The van der Waals surface area contributed by atoms with E-state index in [1.807, 2.05) is 30.5 Å². The number of para-hydroxylation sites is 1. The average Bonchev–Trinajstić information content (AvgIpc) is 3.29. The molecular formula is C35H35NO. The Balaban J connectivity index is 1.53. The molecule has 0 aliphatic carbocycles. The summed E-state index contributed by atoms with van der Waals surface area (Å²) in [6.45, 7) is 13.4. The van der Waals surface area contributed by atoms with Gasteiger partial charge in [0.05, 0.1) is 5.69 Å². The van der Waals surface area contributed by atoms with Crippen molar-refractivity contribution in [3.8, 4) is 0 Å². The summed E-state index contributed by atoms with van der Waals surface area (Å²) in [6, 6.07) is 25.8. The zero-order chi connectivity index (χ0) is 26.2. The van der Waals surface area contributed by atoms with E-state index in [9.17, 15) is 0 Å². The molecule has 0 aromatic heterocycles. The average molecular weight is 486 g/mol. The van der Waals surface area contributed by atoms with Crippen molar-refractivity contribution in [2.45, 2.75) is 52.4 Å². The highest BCUT2D eigenvalue weighted by Gasteiger charge is 2.18. The van der Waals surface area contributed by atoms with Gasteiger partial charge in [0.15, 0.2) is 0 Å². The molecule has 2 aliphatic rings. The zero-order valence-electron chi connectivity index (χ0n) is 22.7. The van der Waals surface area contributed by atoms with Crippen LogP contribution in [0.25, 0.3) is 16.9 Å². The van der Waals surface area contributed by atoms with Crippen LogP contribution in [0.15, 0.2) is 108 Å². The van der Waals surface area contributed by atoms with E-state index < -0.39 is 0 Å². The number of nitrogens with zero attached hydrogens (tertiary/aromatic N) is 1. The van der Waals surface area contributed by atoms with Crippen LogP contribution in [0.5, 0.6) is 0 Å². The van der Waals surface area contributed by atoms with Gasteiger partial charge in [-0.25, -0.2) is 0 Å². The van der Waals surface area contributed by atoms with Gasteiger partial charge in [-0.1, -0.05) is 108 Å². The summed E-state index contributed by atoms with van der Waals surface area (Å²) in [5.74, 6) is 1.65. The highest BCUT2D eigenvalue weighted by Crippen LogP contribution is 2.35. The van der Waals surface area contributed by atoms with Crippen molar-refractivity contribution < 1.29 is 4.74 Å². The molecule has 2 heterocycles. The minimum absolute atomic E-state index is 0.108. The molecule has 0 unspecified atom stereocenters. The first-order valence-corrected chi connectivity index (χ1v) is 13.0. The second kappa shape index (κ2) is 9.52. The molecular weight excluding hydrogens is 450 g/mol. The Bertz CT molecular complexity index is 1460. The third kappa shape index (κ3) is 5.44. The highest BCUT2D eigenvalue weighted by molar-refractivity contribution is 6.16. The molecule has 0 N–H and O–H groups in total. The zero-order valence-corrected chi connectivity index (χ0v) is 22.7. The first kappa shape index (κ1) is 24.8. The van der Waals surface area contributed by atoms with Crippen LogP contribution < -0.4 is 0 Å². The SMILES string of the molecule is CC(C)(C)c1ccc(C2=C/C(=C\C=C3/C=Nc4ccccc43)OC(c3ccc(C(C)(C)C)cc3)=C2)cc1. The fraction of sp³-hybridized carbons (Fsp3) is 0.229. The number of ether oxygens (including phenoxy) is 1. The van der Waals surface area contributed by atoms with E-state index in [-0.39, 0.29) is 10.8 Å². The van der Waals surface area contributed by atoms with Crippen LogP contribution >= 0.6 is 0 Å². The van der Waals surface area contributed by atoms with E-state index in [1.165, 1.54) is 16.7 Å². The number of hydrogen-bond acceptors (Lipinski definition) is 2. The van der Waals surface area contributed by atoms with Crippen molar-refractivity contribution in [3.05, 3.63) is 131 Å². The van der Waals surface area contributed by atoms with E-state index in [0.29, 0.717) is 0 Å². The molecule has 0 atom stereocenters.